The summed E-state index contributed by atoms with van der Waals surface area (Å²) < 4.78 is 5.08. The van der Waals surface area contributed by atoms with Crippen LogP contribution in [0.3, 0.4) is 0 Å². The Labute approximate surface area is 93.1 Å². The van der Waals surface area contributed by atoms with Crippen molar-refractivity contribution >= 4 is 5.91 Å². The highest BCUT2D eigenvalue weighted by Gasteiger charge is 2.12. The minimum Gasteiger partial charge on any atom is -0.366 e. The average Bonchev–Trinajstić information content (AvgIpc) is 2.59. The summed E-state index contributed by atoms with van der Waals surface area (Å²) in [7, 11) is 0. The smallest absolute Gasteiger partial charge is 0.248 e. The lowest BCUT2D eigenvalue weighted by Gasteiger charge is -2.02. The van der Waals surface area contributed by atoms with Crippen molar-refractivity contribution in [2.45, 2.75) is 13.8 Å². The molecule has 2 rings (SSSR count). The molecule has 4 heteroatoms. The Morgan fingerprint density at radius 2 is 2.12 bits per heavy atom. The first-order chi connectivity index (χ1) is 7.59. The second-order valence-corrected chi connectivity index (χ2v) is 3.64. The van der Waals surface area contributed by atoms with Gasteiger partial charge in [0.25, 0.3) is 0 Å². The van der Waals surface area contributed by atoms with Gasteiger partial charge in [-0.05, 0) is 31.5 Å². The molecule has 0 aliphatic heterocycles. The first-order valence-electron chi connectivity index (χ1n) is 4.92. The Morgan fingerprint density at radius 1 is 1.38 bits per heavy atom. The quantitative estimate of drug-likeness (QED) is 0.835. The van der Waals surface area contributed by atoms with Crippen LogP contribution in [0.4, 0.5) is 0 Å². The van der Waals surface area contributed by atoms with E-state index in [1.165, 1.54) is 0 Å². The molecular formula is C12H12N2O2. The third-order valence-corrected chi connectivity index (χ3v) is 2.47. The van der Waals surface area contributed by atoms with Crippen LogP contribution in [0.25, 0.3) is 11.1 Å². The number of benzene rings is 1. The lowest BCUT2D eigenvalue weighted by Crippen LogP contribution is -2.10. The van der Waals surface area contributed by atoms with Gasteiger partial charge in [0.05, 0.1) is 5.69 Å². The van der Waals surface area contributed by atoms with Crippen molar-refractivity contribution in [1.29, 1.82) is 0 Å². The predicted octanol–water partition coefficient (Wildman–Crippen LogP) is 2.06. The number of carbonyl (C=O) groups excluding carboxylic acids is 1. The maximum Gasteiger partial charge on any atom is 0.248 e. The molecule has 0 aliphatic carbocycles. The number of aryl methyl sites for hydroxylation is 2. The summed E-state index contributed by atoms with van der Waals surface area (Å²) >= 11 is 0. The molecule has 4 nitrogen and oxygen atoms in total. The Morgan fingerprint density at radius 3 is 2.69 bits per heavy atom. The van der Waals surface area contributed by atoms with Crippen molar-refractivity contribution < 1.29 is 9.32 Å². The summed E-state index contributed by atoms with van der Waals surface area (Å²) in [5.74, 6) is 0.299. The van der Waals surface area contributed by atoms with E-state index >= 15 is 0 Å². The molecule has 1 aromatic heterocycles. The van der Waals surface area contributed by atoms with E-state index in [0.29, 0.717) is 5.56 Å². The SMILES string of the molecule is Cc1noc(C)c1-c1cccc(C(N)=O)c1. The van der Waals surface area contributed by atoms with E-state index in [9.17, 15) is 4.79 Å². The van der Waals surface area contributed by atoms with Crippen LogP contribution in [0.1, 0.15) is 21.8 Å². The summed E-state index contributed by atoms with van der Waals surface area (Å²) in [5.41, 5.74) is 8.34. The zero-order valence-electron chi connectivity index (χ0n) is 9.15. The largest absolute Gasteiger partial charge is 0.366 e. The first kappa shape index (κ1) is 10.4. The number of hydrogen-bond acceptors (Lipinski definition) is 3. The summed E-state index contributed by atoms with van der Waals surface area (Å²) in [6, 6.07) is 7.12. The minimum absolute atomic E-state index is 0.436. The second-order valence-electron chi connectivity index (χ2n) is 3.64. The van der Waals surface area contributed by atoms with Crippen LogP contribution in [-0.2, 0) is 0 Å². The fraction of sp³-hybridized carbons (Fsp3) is 0.167. The second kappa shape index (κ2) is 3.81. The number of aromatic nitrogens is 1. The lowest BCUT2D eigenvalue weighted by molar-refractivity contribution is 0.100. The standard InChI is InChI=1S/C12H12N2O2/c1-7-11(8(2)16-14-7)9-4-3-5-10(6-9)12(13)15/h3-6H,1-2H3,(H2,13,15). The van der Waals surface area contributed by atoms with Gasteiger partial charge in [-0.3, -0.25) is 4.79 Å². The maximum absolute atomic E-state index is 11.1. The third kappa shape index (κ3) is 1.69. The number of primary amides is 1. The molecule has 0 radical (unpaired) electrons. The highest BCUT2D eigenvalue weighted by atomic mass is 16.5. The zero-order valence-corrected chi connectivity index (χ0v) is 9.15. The number of amides is 1. The van der Waals surface area contributed by atoms with Crippen LogP contribution < -0.4 is 5.73 Å². The maximum atomic E-state index is 11.1. The van der Waals surface area contributed by atoms with E-state index in [2.05, 4.69) is 5.16 Å². The Balaban J connectivity index is 2.57. The molecule has 1 amide bonds. The molecule has 1 aromatic carbocycles. The molecule has 1 heterocycles. The molecule has 0 atom stereocenters. The molecule has 0 bridgehead atoms. The normalized spacial score (nSPS) is 10.4. The van der Waals surface area contributed by atoms with Crippen molar-refractivity contribution in [2.24, 2.45) is 5.73 Å². The van der Waals surface area contributed by atoms with Gasteiger partial charge in [-0.1, -0.05) is 17.3 Å². The number of rotatable bonds is 2. The van der Waals surface area contributed by atoms with E-state index in [4.69, 9.17) is 10.3 Å². The third-order valence-electron chi connectivity index (χ3n) is 2.47. The monoisotopic (exact) mass is 216 g/mol. The molecule has 0 aliphatic rings. The fourth-order valence-corrected chi connectivity index (χ4v) is 1.72. The molecule has 0 fully saturated rings. The summed E-state index contributed by atoms with van der Waals surface area (Å²) in [6.07, 6.45) is 0. The molecule has 2 aromatic rings. The van der Waals surface area contributed by atoms with E-state index in [0.717, 1.165) is 22.6 Å². The van der Waals surface area contributed by atoms with Crippen molar-refractivity contribution in [3.8, 4) is 11.1 Å². The van der Waals surface area contributed by atoms with E-state index < -0.39 is 5.91 Å². The van der Waals surface area contributed by atoms with Gasteiger partial charge in [-0.25, -0.2) is 0 Å². The Hall–Kier alpha value is -2.10. The zero-order chi connectivity index (χ0) is 11.7. The van der Waals surface area contributed by atoms with Crippen LogP contribution >= 0.6 is 0 Å². The van der Waals surface area contributed by atoms with Crippen LogP contribution in [0.2, 0.25) is 0 Å². The Kier molecular flexibility index (Phi) is 2.48. The van der Waals surface area contributed by atoms with E-state index in [1.807, 2.05) is 19.9 Å². The van der Waals surface area contributed by atoms with Gasteiger partial charge < -0.3 is 10.3 Å². The molecule has 0 spiro atoms. The fourth-order valence-electron chi connectivity index (χ4n) is 1.72. The molecular weight excluding hydrogens is 204 g/mol. The van der Waals surface area contributed by atoms with Gasteiger partial charge in [-0.15, -0.1) is 0 Å². The molecule has 16 heavy (non-hydrogen) atoms. The molecule has 0 saturated heterocycles. The van der Waals surface area contributed by atoms with Crippen molar-refractivity contribution in [1.82, 2.24) is 5.16 Å². The summed E-state index contributed by atoms with van der Waals surface area (Å²) in [5, 5.41) is 3.88. The van der Waals surface area contributed by atoms with Gasteiger partial charge in [0, 0.05) is 11.1 Å². The van der Waals surface area contributed by atoms with Gasteiger partial charge in [0.1, 0.15) is 5.76 Å². The average molecular weight is 216 g/mol. The number of carbonyl (C=O) groups is 1. The number of nitrogens with zero attached hydrogens (tertiary/aromatic N) is 1. The number of nitrogens with two attached hydrogens (primary N) is 1. The molecule has 2 N–H and O–H groups in total. The number of hydrogen-bond donors (Lipinski definition) is 1. The van der Waals surface area contributed by atoms with Crippen LogP contribution in [0.5, 0.6) is 0 Å². The van der Waals surface area contributed by atoms with Crippen molar-refractivity contribution in [3.63, 3.8) is 0 Å². The highest BCUT2D eigenvalue weighted by Crippen LogP contribution is 2.27. The van der Waals surface area contributed by atoms with E-state index in [1.54, 1.807) is 18.2 Å². The molecule has 0 unspecified atom stereocenters. The lowest BCUT2D eigenvalue weighted by atomic mass is 10.0. The summed E-state index contributed by atoms with van der Waals surface area (Å²) in [4.78, 5) is 11.1. The minimum atomic E-state index is -0.436. The van der Waals surface area contributed by atoms with Crippen molar-refractivity contribution in [2.75, 3.05) is 0 Å². The Bertz CT molecular complexity index is 524. The highest BCUT2D eigenvalue weighted by molar-refractivity contribution is 5.94. The molecule has 82 valence electrons. The van der Waals surface area contributed by atoms with Gasteiger partial charge in [0.2, 0.25) is 5.91 Å². The topological polar surface area (TPSA) is 69.1 Å². The first-order valence-corrected chi connectivity index (χ1v) is 4.92. The van der Waals surface area contributed by atoms with E-state index in [-0.39, 0.29) is 0 Å². The predicted molar refractivity (Wildman–Crippen MR) is 59.9 cm³/mol. The summed E-state index contributed by atoms with van der Waals surface area (Å²) in [6.45, 7) is 3.70. The van der Waals surface area contributed by atoms with Crippen molar-refractivity contribution in [3.05, 3.63) is 41.3 Å². The van der Waals surface area contributed by atoms with Gasteiger partial charge in [-0.2, -0.15) is 0 Å². The van der Waals surface area contributed by atoms with Crippen LogP contribution in [0, 0.1) is 13.8 Å². The van der Waals surface area contributed by atoms with Crippen LogP contribution in [0.15, 0.2) is 28.8 Å². The van der Waals surface area contributed by atoms with Gasteiger partial charge >= 0.3 is 0 Å². The van der Waals surface area contributed by atoms with Crippen LogP contribution in [-0.4, -0.2) is 11.1 Å². The molecule has 0 saturated carbocycles. The van der Waals surface area contributed by atoms with Gasteiger partial charge in [0.15, 0.2) is 0 Å².